The molecule has 0 saturated heterocycles. The number of nitro benzene ring substituents is 1. The Labute approximate surface area is 159 Å². The number of carbonyl (C=O) groups is 2. The van der Waals surface area contributed by atoms with Crippen molar-refractivity contribution in [2.45, 2.75) is 0 Å². The molecule has 3 rings (SSSR count). The zero-order valence-corrected chi connectivity index (χ0v) is 14.5. The maximum absolute atomic E-state index is 12.4. The number of carboxylic acid groups (broad SMARTS) is 1. The number of hydrogen-bond donors (Lipinski definition) is 3. The van der Waals surface area contributed by atoms with Crippen LogP contribution < -0.4 is 10.6 Å². The Morgan fingerprint density at radius 2 is 1.57 bits per heavy atom. The lowest BCUT2D eigenvalue weighted by Crippen LogP contribution is -2.15. The summed E-state index contributed by atoms with van der Waals surface area (Å²) in [5, 5.41) is 26.0. The molecule has 3 aromatic rings. The summed E-state index contributed by atoms with van der Waals surface area (Å²) in [4.78, 5) is 34.5. The lowest BCUT2D eigenvalue weighted by molar-refractivity contribution is -0.383. The first-order valence-corrected chi connectivity index (χ1v) is 8.20. The van der Waals surface area contributed by atoms with E-state index in [1.54, 1.807) is 42.5 Å². The Balaban J connectivity index is 1.93. The van der Waals surface area contributed by atoms with E-state index < -0.39 is 16.8 Å². The lowest BCUT2D eigenvalue weighted by atomic mass is 10.1. The molecule has 0 aliphatic rings. The van der Waals surface area contributed by atoms with Crippen LogP contribution in [0.25, 0.3) is 0 Å². The molecule has 0 heterocycles. The Hall–Kier alpha value is -4.20. The van der Waals surface area contributed by atoms with E-state index in [2.05, 4.69) is 10.6 Å². The summed E-state index contributed by atoms with van der Waals surface area (Å²) in [5.41, 5.74) is 0.858. The van der Waals surface area contributed by atoms with E-state index in [1.807, 2.05) is 0 Å². The summed E-state index contributed by atoms with van der Waals surface area (Å²) in [6.45, 7) is 0. The minimum Gasteiger partial charge on any atom is -0.478 e. The Morgan fingerprint density at radius 1 is 0.893 bits per heavy atom. The Morgan fingerprint density at radius 3 is 2.25 bits per heavy atom. The molecule has 3 N–H and O–H groups in total. The topological polar surface area (TPSA) is 122 Å². The van der Waals surface area contributed by atoms with Crippen molar-refractivity contribution in [1.29, 1.82) is 0 Å². The minimum absolute atomic E-state index is 0.0740. The second kappa shape index (κ2) is 8.00. The van der Waals surface area contributed by atoms with Crippen LogP contribution in [0.15, 0.2) is 72.8 Å². The van der Waals surface area contributed by atoms with Gasteiger partial charge in [-0.1, -0.05) is 30.3 Å². The van der Waals surface area contributed by atoms with Crippen molar-refractivity contribution in [2.24, 2.45) is 0 Å². The first kappa shape index (κ1) is 18.6. The van der Waals surface area contributed by atoms with Gasteiger partial charge in [0.05, 0.1) is 16.2 Å². The third kappa shape index (κ3) is 4.13. The second-order valence-corrected chi connectivity index (χ2v) is 5.78. The standard InChI is InChI=1S/C20H15N3O5/c24-19(13-6-2-1-3-7-13)22-17-12-14(10-11-15(17)20(25)26)21-16-8-4-5-9-18(16)23(27)28/h1-12,21H,(H,22,24)(H,25,26). The van der Waals surface area contributed by atoms with E-state index in [0.29, 0.717) is 11.3 Å². The summed E-state index contributed by atoms with van der Waals surface area (Å²) in [6.07, 6.45) is 0. The van der Waals surface area contributed by atoms with Crippen LogP contribution in [0.1, 0.15) is 20.7 Å². The highest BCUT2D eigenvalue weighted by atomic mass is 16.6. The molecule has 0 fully saturated rings. The molecular weight excluding hydrogens is 362 g/mol. The maximum atomic E-state index is 12.4. The lowest BCUT2D eigenvalue weighted by Gasteiger charge is -2.12. The van der Waals surface area contributed by atoms with Crippen LogP contribution in [0.4, 0.5) is 22.7 Å². The fraction of sp³-hybridized carbons (Fsp3) is 0. The molecule has 0 atom stereocenters. The normalized spacial score (nSPS) is 10.1. The van der Waals surface area contributed by atoms with Crippen molar-refractivity contribution in [1.82, 2.24) is 0 Å². The molecule has 0 radical (unpaired) electrons. The van der Waals surface area contributed by atoms with E-state index in [0.717, 1.165) is 0 Å². The molecule has 0 aromatic heterocycles. The molecule has 28 heavy (non-hydrogen) atoms. The number of aromatic carboxylic acids is 1. The fourth-order valence-corrected chi connectivity index (χ4v) is 2.59. The van der Waals surface area contributed by atoms with Crippen molar-refractivity contribution in [3.63, 3.8) is 0 Å². The van der Waals surface area contributed by atoms with Crippen molar-refractivity contribution < 1.29 is 19.6 Å². The van der Waals surface area contributed by atoms with Crippen LogP contribution in [0.2, 0.25) is 0 Å². The van der Waals surface area contributed by atoms with Crippen molar-refractivity contribution in [3.05, 3.63) is 94.0 Å². The van der Waals surface area contributed by atoms with E-state index in [-0.39, 0.29) is 22.6 Å². The van der Waals surface area contributed by atoms with Gasteiger partial charge in [-0.15, -0.1) is 0 Å². The van der Waals surface area contributed by atoms with Gasteiger partial charge in [0, 0.05) is 17.3 Å². The molecular formula is C20H15N3O5. The van der Waals surface area contributed by atoms with Gasteiger partial charge in [0.1, 0.15) is 5.69 Å². The average molecular weight is 377 g/mol. The number of para-hydroxylation sites is 2. The van der Waals surface area contributed by atoms with E-state index in [1.165, 1.54) is 30.3 Å². The molecule has 1 amide bonds. The van der Waals surface area contributed by atoms with Crippen LogP contribution >= 0.6 is 0 Å². The van der Waals surface area contributed by atoms with Gasteiger partial charge in [0.15, 0.2) is 0 Å². The predicted octanol–water partition coefficient (Wildman–Crippen LogP) is 4.29. The van der Waals surface area contributed by atoms with Gasteiger partial charge in [-0.25, -0.2) is 4.79 Å². The van der Waals surface area contributed by atoms with Gasteiger partial charge in [-0.3, -0.25) is 14.9 Å². The minimum atomic E-state index is -1.21. The number of nitrogens with one attached hydrogen (secondary N) is 2. The largest absolute Gasteiger partial charge is 0.478 e. The number of amides is 1. The number of rotatable bonds is 6. The van der Waals surface area contributed by atoms with E-state index in [9.17, 15) is 24.8 Å². The molecule has 0 aliphatic carbocycles. The highest BCUT2D eigenvalue weighted by Crippen LogP contribution is 2.29. The molecule has 8 heteroatoms. The van der Waals surface area contributed by atoms with E-state index >= 15 is 0 Å². The number of nitrogens with zero attached hydrogens (tertiary/aromatic N) is 1. The fourth-order valence-electron chi connectivity index (χ4n) is 2.59. The van der Waals surface area contributed by atoms with Crippen molar-refractivity contribution in [3.8, 4) is 0 Å². The van der Waals surface area contributed by atoms with Gasteiger partial charge >= 0.3 is 5.97 Å². The number of anilines is 3. The quantitative estimate of drug-likeness (QED) is 0.435. The van der Waals surface area contributed by atoms with Crippen LogP contribution in [0, 0.1) is 10.1 Å². The third-order valence-electron chi connectivity index (χ3n) is 3.91. The van der Waals surface area contributed by atoms with Crippen molar-refractivity contribution in [2.75, 3.05) is 10.6 Å². The monoisotopic (exact) mass is 377 g/mol. The Kier molecular flexibility index (Phi) is 5.31. The van der Waals surface area contributed by atoms with Gasteiger partial charge in [-0.05, 0) is 36.4 Å². The van der Waals surface area contributed by atoms with Gasteiger partial charge in [-0.2, -0.15) is 0 Å². The number of carbonyl (C=O) groups excluding carboxylic acids is 1. The van der Waals surface area contributed by atoms with Crippen LogP contribution in [-0.2, 0) is 0 Å². The van der Waals surface area contributed by atoms with E-state index in [4.69, 9.17) is 0 Å². The smallest absolute Gasteiger partial charge is 0.337 e. The van der Waals surface area contributed by atoms with Crippen LogP contribution in [0.3, 0.4) is 0 Å². The first-order chi connectivity index (χ1) is 13.5. The first-order valence-electron chi connectivity index (χ1n) is 8.20. The number of hydrogen-bond acceptors (Lipinski definition) is 5. The zero-order valence-electron chi connectivity index (χ0n) is 14.5. The number of nitro groups is 1. The molecule has 0 bridgehead atoms. The number of benzene rings is 3. The summed E-state index contributed by atoms with van der Waals surface area (Å²) >= 11 is 0. The Bertz CT molecular complexity index is 1050. The molecule has 140 valence electrons. The summed E-state index contributed by atoms with van der Waals surface area (Å²) in [6, 6.07) is 18.6. The summed E-state index contributed by atoms with van der Waals surface area (Å²) in [7, 11) is 0. The molecule has 0 spiro atoms. The predicted molar refractivity (Wildman–Crippen MR) is 104 cm³/mol. The third-order valence-corrected chi connectivity index (χ3v) is 3.91. The molecule has 0 aliphatic heterocycles. The number of carboxylic acids is 1. The maximum Gasteiger partial charge on any atom is 0.337 e. The summed E-state index contributed by atoms with van der Waals surface area (Å²) in [5.74, 6) is -1.67. The SMILES string of the molecule is O=C(Nc1cc(Nc2ccccc2[N+](=O)[O-])ccc1C(=O)O)c1ccccc1. The second-order valence-electron chi connectivity index (χ2n) is 5.78. The zero-order chi connectivity index (χ0) is 20.1. The van der Waals surface area contributed by atoms with Gasteiger partial charge < -0.3 is 15.7 Å². The molecule has 3 aromatic carbocycles. The van der Waals surface area contributed by atoms with Gasteiger partial charge in [0.25, 0.3) is 11.6 Å². The molecule has 0 saturated carbocycles. The highest BCUT2D eigenvalue weighted by Gasteiger charge is 2.16. The molecule has 0 unspecified atom stereocenters. The van der Waals surface area contributed by atoms with Crippen LogP contribution in [0.5, 0.6) is 0 Å². The highest BCUT2D eigenvalue weighted by molar-refractivity contribution is 6.08. The average Bonchev–Trinajstić information content (AvgIpc) is 2.69. The molecule has 8 nitrogen and oxygen atoms in total. The van der Waals surface area contributed by atoms with Crippen molar-refractivity contribution >= 4 is 34.6 Å². The van der Waals surface area contributed by atoms with Crippen LogP contribution in [-0.4, -0.2) is 21.9 Å². The van der Waals surface area contributed by atoms with Gasteiger partial charge in [0.2, 0.25) is 0 Å². The summed E-state index contributed by atoms with van der Waals surface area (Å²) < 4.78 is 0.